The molecule has 0 radical (unpaired) electrons. The summed E-state index contributed by atoms with van der Waals surface area (Å²) in [7, 11) is 0. The van der Waals surface area contributed by atoms with Crippen LogP contribution in [-0.4, -0.2) is 16.1 Å². The fourth-order valence-electron chi connectivity index (χ4n) is 2.51. The number of hydrogen-bond acceptors (Lipinski definition) is 2. The molecule has 2 aromatic rings. The Hall–Kier alpha value is -1.61. The number of nitrogens with zero attached hydrogens (tertiary/aromatic N) is 2. The van der Waals surface area contributed by atoms with Gasteiger partial charge in [0.25, 0.3) is 0 Å². The Morgan fingerprint density at radius 1 is 1.26 bits per heavy atom. The summed E-state index contributed by atoms with van der Waals surface area (Å²) in [5.41, 5.74) is 10.9. The van der Waals surface area contributed by atoms with Gasteiger partial charge in [-0.2, -0.15) is 0 Å². The highest BCUT2D eigenvalue weighted by molar-refractivity contribution is 5.46. The molecule has 0 aliphatic carbocycles. The SMILES string of the molecule is Cc1cccc(-n2cncc2C(CN)C(C)C)c1C. The predicted octanol–water partition coefficient (Wildman–Crippen LogP) is 3.19. The summed E-state index contributed by atoms with van der Waals surface area (Å²) >= 11 is 0. The second-order valence-electron chi connectivity index (χ2n) is 5.49. The average Bonchev–Trinajstić information content (AvgIpc) is 2.82. The Morgan fingerprint density at radius 3 is 2.63 bits per heavy atom. The van der Waals surface area contributed by atoms with E-state index in [1.54, 1.807) is 0 Å². The lowest BCUT2D eigenvalue weighted by molar-refractivity contribution is 0.489. The van der Waals surface area contributed by atoms with E-state index in [0.717, 1.165) is 0 Å². The minimum Gasteiger partial charge on any atom is -0.330 e. The van der Waals surface area contributed by atoms with E-state index in [0.29, 0.717) is 18.4 Å². The van der Waals surface area contributed by atoms with Crippen LogP contribution in [0.5, 0.6) is 0 Å². The van der Waals surface area contributed by atoms with E-state index in [2.05, 4.69) is 55.4 Å². The molecule has 102 valence electrons. The molecule has 0 bridgehead atoms. The third-order valence-electron chi connectivity index (χ3n) is 3.94. The monoisotopic (exact) mass is 257 g/mol. The number of benzene rings is 1. The molecule has 2 N–H and O–H groups in total. The van der Waals surface area contributed by atoms with E-state index in [4.69, 9.17) is 5.73 Å². The van der Waals surface area contributed by atoms with Crippen LogP contribution >= 0.6 is 0 Å². The zero-order valence-corrected chi connectivity index (χ0v) is 12.2. The van der Waals surface area contributed by atoms with Gasteiger partial charge in [0.1, 0.15) is 0 Å². The molecule has 1 atom stereocenters. The van der Waals surface area contributed by atoms with Crippen LogP contribution in [0.1, 0.15) is 36.6 Å². The second kappa shape index (κ2) is 5.57. The van der Waals surface area contributed by atoms with Crippen molar-refractivity contribution in [2.45, 2.75) is 33.6 Å². The molecule has 0 amide bonds. The van der Waals surface area contributed by atoms with Crippen molar-refractivity contribution in [3.63, 3.8) is 0 Å². The Morgan fingerprint density at radius 2 is 2.00 bits per heavy atom. The first kappa shape index (κ1) is 13.8. The first-order valence-corrected chi connectivity index (χ1v) is 6.85. The van der Waals surface area contributed by atoms with Crippen molar-refractivity contribution >= 4 is 0 Å². The maximum atomic E-state index is 5.94. The molecule has 19 heavy (non-hydrogen) atoms. The molecule has 0 fully saturated rings. The van der Waals surface area contributed by atoms with Crippen LogP contribution in [0, 0.1) is 19.8 Å². The molecule has 1 unspecified atom stereocenters. The maximum Gasteiger partial charge on any atom is 0.0994 e. The molecule has 0 aliphatic rings. The van der Waals surface area contributed by atoms with Crippen LogP contribution in [0.4, 0.5) is 0 Å². The van der Waals surface area contributed by atoms with Crippen LogP contribution in [0.2, 0.25) is 0 Å². The lowest BCUT2D eigenvalue weighted by Crippen LogP contribution is -2.20. The van der Waals surface area contributed by atoms with E-state index in [-0.39, 0.29) is 0 Å². The van der Waals surface area contributed by atoms with Crippen LogP contribution < -0.4 is 5.73 Å². The zero-order valence-electron chi connectivity index (χ0n) is 12.2. The quantitative estimate of drug-likeness (QED) is 0.914. The molecule has 3 nitrogen and oxygen atoms in total. The summed E-state index contributed by atoms with van der Waals surface area (Å²) in [6.45, 7) is 9.35. The molecule has 0 saturated heterocycles. The van der Waals surface area contributed by atoms with Crippen molar-refractivity contribution in [1.29, 1.82) is 0 Å². The van der Waals surface area contributed by atoms with Crippen molar-refractivity contribution in [1.82, 2.24) is 9.55 Å². The smallest absolute Gasteiger partial charge is 0.0994 e. The first-order valence-electron chi connectivity index (χ1n) is 6.85. The number of nitrogens with two attached hydrogens (primary N) is 1. The number of hydrogen-bond donors (Lipinski definition) is 1. The average molecular weight is 257 g/mol. The number of rotatable bonds is 4. The lowest BCUT2D eigenvalue weighted by atomic mass is 9.92. The Labute approximate surface area is 115 Å². The Bertz CT molecular complexity index is 555. The molecular formula is C16H23N3. The minimum absolute atomic E-state index is 0.336. The van der Waals surface area contributed by atoms with Crippen LogP contribution in [0.3, 0.4) is 0 Å². The van der Waals surface area contributed by atoms with Gasteiger partial charge in [0.15, 0.2) is 0 Å². The summed E-state index contributed by atoms with van der Waals surface area (Å²) in [4.78, 5) is 4.33. The van der Waals surface area contributed by atoms with Gasteiger partial charge in [-0.1, -0.05) is 26.0 Å². The highest BCUT2D eigenvalue weighted by Gasteiger charge is 2.19. The fourth-order valence-corrected chi connectivity index (χ4v) is 2.51. The van der Waals surface area contributed by atoms with Crippen molar-refractivity contribution in [3.05, 3.63) is 47.5 Å². The predicted molar refractivity (Wildman–Crippen MR) is 79.7 cm³/mol. The largest absolute Gasteiger partial charge is 0.330 e. The van der Waals surface area contributed by atoms with Crippen molar-refractivity contribution < 1.29 is 0 Å². The van der Waals surface area contributed by atoms with Crippen molar-refractivity contribution in [2.24, 2.45) is 11.7 Å². The van der Waals surface area contributed by atoms with Gasteiger partial charge in [0, 0.05) is 30.0 Å². The van der Waals surface area contributed by atoms with E-state index in [9.17, 15) is 0 Å². The summed E-state index contributed by atoms with van der Waals surface area (Å²) in [6, 6.07) is 6.37. The highest BCUT2D eigenvalue weighted by atomic mass is 15.1. The van der Waals surface area contributed by atoms with Gasteiger partial charge in [0.2, 0.25) is 0 Å². The molecule has 1 aromatic heterocycles. The van der Waals surface area contributed by atoms with Crippen LogP contribution in [0.15, 0.2) is 30.7 Å². The van der Waals surface area contributed by atoms with Gasteiger partial charge in [0.05, 0.1) is 6.33 Å². The number of aryl methyl sites for hydroxylation is 1. The molecule has 1 heterocycles. The third kappa shape index (κ3) is 2.56. The van der Waals surface area contributed by atoms with Crippen LogP contribution in [0.25, 0.3) is 5.69 Å². The molecule has 0 saturated carbocycles. The highest BCUT2D eigenvalue weighted by Crippen LogP contribution is 2.27. The van der Waals surface area contributed by atoms with Crippen LogP contribution in [-0.2, 0) is 0 Å². The minimum atomic E-state index is 0.336. The van der Waals surface area contributed by atoms with E-state index in [1.807, 2.05) is 12.5 Å². The van der Waals surface area contributed by atoms with Crippen molar-refractivity contribution in [2.75, 3.05) is 6.54 Å². The van der Waals surface area contributed by atoms with Gasteiger partial charge >= 0.3 is 0 Å². The van der Waals surface area contributed by atoms with Gasteiger partial charge in [-0.3, -0.25) is 0 Å². The maximum absolute atomic E-state index is 5.94. The molecule has 2 rings (SSSR count). The van der Waals surface area contributed by atoms with Gasteiger partial charge in [-0.25, -0.2) is 4.98 Å². The van der Waals surface area contributed by atoms with Gasteiger partial charge in [-0.05, 0) is 37.0 Å². The Kier molecular flexibility index (Phi) is 4.05. The topological polar surface area (TPSA) is 43.8 Å². The molecule has 1 aromatic carbocycles. The summed E-state index contributed by atoms with van der Waals surface area (Å²) in [5, 5.41) is 0. The van der Waals surface area contributed by atoms with E-state index in [1.165, 1.54) is 22.5 Å². The molecule has 0 spiro atoms. The fraction of sp³-hybridized carbons (Fsp3) is 0.438. The first-order chi connectivity index (χ1) is 9.06. The summed E-state index contributed by atoms with van der Waals surface area (Å²) in [5.74, 6) is 0.841. The second-order valence-corrected chi connectivity index (χ2v) is 5.49. The van der Waals surface area contributed by atoms with Crippen molar-refractivity contribution in [3.8, 4) is 5.69 Å². The number of aromatic nitrogens is 2. The molecule has 0 aliphatic heterocycles. The van der Waals surface area contributed by atoms with E-state index < -0.39 is 0 Å². The summed E-state index contributed by atoms with van der Waals surface area (Å²) < 4.78 is 2.18. The normalized spacial score (nSPS) is 12.9. The molecular weight excluding hydrogens is 234 g/mol. The summed E-state index contributed by atoms with van der Waals surface area (Å²) in [6.07, 6.45) is 3.83. The standard InChI is InChI=1S/C16H23N3/c1-11(2)14(8-17)16-9-18-10-19(16)15-7-5-6-12(3)13(15)4/h5-7,9-11,14H,8,17H2,1-4H3. The number of imidazole rings is 1. The lowest BCUT2D eigenvalue weighted by Gasteiger charge is -2.21. The Balaban J connectivity index is 2.53. The molecule has 3 heteroatoms. The zero-order chi connectivity index (χ0) is 14.0. The van der Waals surface area contributed by atoms with E-state index >= 15 is 0 Å². The van der Waals surface area contributed by atoms with Gasteiger partial charge < -0.3 is 10.3 Å². The van der Waals surface area contributed by atoms with Gasteiger partial charge in [-0.15, -0.1) is 0 Å². The third-order valence-corrected chi connectivity index (χ3v) is 3.94.